The van der Waals surface area contributed by atoms with Gasteiger partial charge in [-0.2, -0.15) is 0 Å². The molecule has 0 radical (unpaired) electrons. The first-order chi connectivity index (χ1) is 15.5. The maximum absolute atomic E-state index is 10.1. The van der Waals surface area contributed by atoms with E-state index in [0.29, 0.717) is 24.1 Å². The minimum Gasteiger partial charge on any atom is -0.502 e. The molecule has 1 heterocycles. The van der Waals surface area contributed by atoms with Crippen molar-refractivity contribution < 1.29 is 14.6 Å². The smallest absolute Gasteiger partial charge is 0.200 e. The van der Waals surface area contributed by atoms with Crippen LogP contribution in [0.5, 0.6) is 17.2 Å². The average molecular weight is 441 g/mol. The van der Waals surface area contributed by atoms with Crippen LogP contribution >= 0.6 is 0 Å². The number of ether oxygens (including phenoxy) is 2. The number of guanidine groups is 1. The zero-order valence-electron chi connectivity index (χ0n) is 19.6. The van der Waals surface area contributed by atoms with Gasteiger partial charge < -0.3 is 25.2 Å². The summed E-state index contributed by atoms with van der Waals surface area (Å²) in [7, 11) is 3.05. The van der Waals surface area contributed by atoms with Crippen LogP contribution in [0.4, 0.5) is 0 Å². The van der Waals surface area contributed by atoms with Crippen molar-refractivity contribution in [1.82, 2.24) is 15.5 Å². The lowest BCUT2D eigenvalue weighted by atomic mass is 10.0. The number of hydrogen-bond donors (Lipinski definition) is 3. The fourth-order valence-corrected chi connectivity index (χ4v) is 4.03. The molecule has 0 aromatic heterocycles. The second-order valence-electron chi connectivity index (χ2n) is 8.23. The summed E-state index contributed by atoms with van der Waals surface area (Å²) in [6.45, 7) is 8.59. The Balaban J connectivity index is 1.57. The number of rotatable bonds is 8. The number of aryl methyl sites for hydroxylation is 1. The number of aliphatic imine (C=N–C) groups is 1. The standard InChI is InChI=1S/C25H36N4O3/c1-5-26-25(27-16-20-14-22(31-3)24(30)23(15-20)32-4)28-21-9-11-29(12-10-21)17-19-8-6-7-18(2)13-19/h6-8,13-15,21,30H,5,9-12,16-17H2,1-4H3,(H2,26,27,28). The molecule has 174 valence electrons. The molecule has 0 aliphatic carbocycles. The van der Waals surface area contributed by atoms with Crippen LogP contribution < -0.4 is 20.1 Å². The van der Waals surface area contributed by atoms with Gasteiger partial charge in [-0.15, -0.1) is 0 Å². The van der Waals surface area contributed by atoms with E-state index in [-0.39, 0.29) is 5.75 Å². The van der Waals surface area contributed by atoms with Gasteiger partial charge in [-0.1, -0.05) is 29.8 Å². The Morgan fingerprint density at radius 3 is 2.38 bits per heavy atom. The van der Waals surface area contributed by atoms with Crippen LogP contribution in [-0.4, -0.2) is 55.9 Å². The summed E-state index contributed by atoms with van der Waals surface area (Å²) in [5.41, 5.74) is 3.60. The van der Waals surface area contributed by atoms with Crippen molar-refractivity contribution in [3.63, 3.8) is 0 Å². The summed E-state index contributed by atoms with van der Waals surface area (Å²) in [5, 5.41) is 17.0. The summed E-state index contributed by atoms with van der Waals surface area (Å²) in [6, 6.07) is 12.7. The maximum atomic E-state index is 10.1. The lowest BCUT2D eigenvalue weighted by molar-refractivity contribution is 0.198. The van der Waals surface area contributed by atoms with Gasteiger partial charge in [0.2, 0.25) is 5.75 Å². The third-order valence-electron chi connectivity index (χ3n) is 5.72. The minimum atomic E-state index is 0.00480. The van der Waals surface area contributed by atoms with Gasteiger partial charge in [-0.25, -0.2) is 4.99 Å². The molecule has 7 nitrogen and oxygen atoms in total. The first-order valence-electron chi connectivity index (χ1n) is 11.3. The second-order valence-corrected chi connectivity index (χ2v) is 8.23. The molecule has 1 saturated heterocycles. The number of benzene rings is 2. The van der Waals surface area contributed by atoms with E-state index in [2.05, 4.69) is 53.6 Å². The second kappa shape index (κ2) is 11.6. The first-order valence-corrected chi connectivity index (χ1v) is 11.3. The van der Waals surface area contributed by atoms with Crippen LogP contribution in [-0.2, 0) is 13.1 Å². The molecule has 0 amide bonds. The lowest BCUT2D eigenvalue weighted by Crippen LogP contribution is -2.48. The number of phenolic OH excluding ortho intramolecular Hbond substituents is 1. The molecule has 0 atom stereocenters. The molecule has 1 aliphatic rings. The molecule has 3 N–H and O–H groups in total. The van der Waals surface area contributed by atoms with E-state index in [4.69, 9.17) is 14.5 Å². The number of aromatic hydroxyl groups is 1. The van der Waals surface area contributed by atoms with E-state index >= 15 is 0 Å². The van der Waals surface area contributed by atoms with Crippen molar-refractivity contribution in [2.75, 3.05) is 33.9 Å². The number of piperidine rings is 1. The summed E-state index contributed by atoms with van der Waals surface area (Å²) >= 11 is 0. The van der Waals surface area contributed by atoms with Crippen molar-refractivity contribution in [2.24, 2.45) is 4.99 Å². The molecule has 2 aromatic carbocycles. The molecule has 0 saturated carbocycles. The van der Waals surface area contributed by atoms with Crippen LogP contribution in [0, 0.1) is 6.92 Å². The van der Waals surface area contributed by atoms with Crippen LogP contribution in [0.2, 0.25) is 0 Å². The molecule has 1 fully saturated rings. The highest BCUT2D eigenvalue weighted by Crippen LogP contribution is 2.37. The number of nitrogens with one attached hydrogen (secondary N) is 2. The highest BCUT2D eigenvalue weighted by molar-refractivity contribution is 5.80. The van der Waals surface area contributed by atoms with E-state index < -0.39 is 0 Å². The van der Waals surface area contributed by atoms with Crippen LogP contribution in [0.1, 0.15) is 36.5 Å². The number of phenols is 1. The molecule has 1 aliphatic heterocycles. The first kappa shape index (κ1) is 23.7. The van der Waals surface area contributed by atoms with Gasteiger partial charge in [-0.05, 0) is 49.9 Å². The average Bonchev–Trinajstić information content (AvgIpc) is 2.79. The third kappa shape index (κ3) is 6.53. The predicted octanol–water partition coefficient (Wildman–Crippen LogP) is 3.44. The summed E-state index contributed by atoms with van der Waals surface area (Å²) in [4.78, 5) is 7.26. The topological polar surface area (TPSA) is 78.4 Å². The van der Waals surface area contributed by atoms with Crippen molar-refractivity contribution in [3.8, 4) is 17.2 Å². The Morgan fingerprint density at radius 2 is 1.78 bits per heavy atom. The van der Waals surface area contributed by atoms with Crippen molar-refractivity contribution in [2.45, 2.75) is 45.8 Å². The Hall–Kier alpha value is -2.93. The van der Waals surface area contributed by atoms with Crippen molar-refractivity contribution >= 4 is 5.96 Å². The predicted molar refractivity (Wildman–Crippen MR) is 129 cm³/mol. The Labute approximate surface area is 191 Å². The van der Waals surface area contributed by atoms with Crippen LogP contribution in [0.25, 0.3) is 0 Å². The maximum Gasteiger partial charge on any atom is 0.200 e. The monoisotopic (exact) mass is 440 g/mol. The molecular weight excluding hydrogens is 404 g/mol. The summed E-state index contributed by atoms with van der Waals surface area (Å²) in [6.07, 6.45) is 2.16. The number of likely N-dealkylation sites (tertiary alicyclic amines) is 1. The molecule has 7 heteroatoms. The molecule has 32 heavy (non-hydrogen) atoms. The van der Waals surface area contributed by atoms with E-state index in [1.54, 1.807) is 12.1 Å². The number of nitrogens with zero attached hydrogens (tertiary/aromatic N) is 2. The summed E-state index contributed by atoms with van der Waals surface area (Å²) < 4.78 is 10.5. The molecule has 2 aromatic rings. The number of hydrogen-bond acceptors (Lipinski definition) is 5. The van der Waals surface area contributed by atoms with Gasteiger partial charge in [0.25, 0.3) is 0 Å². The SMILES string of the molecule is CCNC(=NCc1cc(OC)c(O)c(OC)c1)NC1CCN(Cc2cccc(C)c2)CC1. The van der Waals surface area contributed by atoms with Gasteiger partial charge in [-0.3, -0.25) is 4.90 Å². The zero-order chi connectivity index (χ0) is 22.9. The molecule has 0 unspecified atom stereocenters. The van der Waals surface area contributed by atoms with E-state index in [1.165, 1.54) is 25.3 Å². The molecular formula is C25H36N4O3. The largest absolute Gasteiger partial charge is 0.502 e. The lowest BCUT2D eigenvalue weighted by Gasteiger charge is -2.33. The van der Waals surface area contributed by atoms with E-state index in [0.717, 1.165) is 50.5 Å². The van der Waals surface area contributed by atoms with Crippen LogP contribution in [0.15, 0.2) is 41.4 Å². The van der Waals surface area contributed by atoms with Gasteiger partial charge in [0.1, 0.15) is 0 Å². The Kier molecular flexibility index (Phi) is 8.62. The third-order valence-corrected chi connectivity index (χ3v) is 5.72. The van der Waals surface area contributed by atoms with E-state index in [9.17, 15) is 5.11 Å². The zero-order valence-corrected chi connectivity index (χ0v) is 19.6. The number of methoxy groups -OCH3 is 2. The van der Waals surface area contributed by atoms with E-state index in [1.807, 2.05) is 0 Å². The Morgan fingerprint density at radius 1 is 1.09 bits per heavy atom. The fraction of sp³-hybridized carbons (Fsp3) is 0.480. The molecule has 0 bridgehead atoms. The Bertz CT molecular complexity index is 883. The van der Waals surface area contributed by atoms with Gasteiger partial charge in [0, 0.05) is 32.2 Å². The summed E-state index contributed by atoms with van der Waals surface area (Å²) in [5.74, 6) is 1.57. The highest BCUT2D eigenvalue weighted by Gasteiger charge is 2.20. The van der Waals surface area contributed by atoms with Gasteiger partial charge in [0.05, 0.1) is 20.8 Å². The van der Waals surface area contributed by atoms with Crippen LogP contribution in [0.3, 0.4) is 0 Å². The highest BCUT2D eigenvalue weighted by atomic mass is 16.5. The van der Waals surface area contributed by atoms with Crippen molar-refractivity contribution in [3.05, 3.63) is 53.1 Å². The van der Waals surface area contributed by atoms with Gasteiger partial charge in [0.15, 0.2) is 17.5 Å². The van der Waals surface area contributed by atoms with Crippen molar-refractivity contribution in [1.29, 1.82) is 0 Å². The quantitative estimate of drug-likeness (QED) is 0.431. The minimum absolute atomic E-state index is 0.00480. The normalized spacial score (nSPS) is 15.4. The molecule has 0 spiro atoms. The molecule has 3 rings (SSSR count). The fourth-order valence-electron chi connectivity index (χ4n) is 4.03. The van der Waals surface area contributed by atoms with Gasteiger partial charge >= 0.3 is 0 Å².